The van der Waals surface area contributed by atoms with Gasteiger partial charge in [-0.1, -0.05) is 188 Å². The first kappa shape index (κ1) is 36.1. The molecule has 0 unspecified atom stereocenters. The van der Waals surface area contributed by atoms with Crippen molar-refractivity contribution < 1.29 is 4.74 Å². The lowest BCUT2D eigenvalue weighted by molar-refractivity contribution is 0.436. The molecule has 0 fully saturated rings. The molecule has 0 saturated heterocycles. The minimum absolute atomic E-state index is 0.595. The maximum absolute atomic E-state index is 6.67. The molecule has 0 atom stereocenters. The van der Waals surface area contributed by atoms with Crippen LogP contribution in [0.25, 0.3) is 89.4 Å². The number of aromatic nitrogens is 4. The van der Waals surface area contributed by atoms with Gasteiger partial charge in [0.1, 0.15) is 11.5 Å². The summed E-state index contributed by atoms with van der Waals surface area (Å²) in [6.07, 6.45) is 0. The summed E-state index contributed by atoms with van der Waals surface area (Å²) in [6, 6.07) is 76.7. The Balaban J connectivity index is 1.06. The Kier molecular flexibility index (Phi) is 8.06. The van der Waals surface area contributed by atoms with E-state index in [9.17, 15) is 0 Å². The fourth-order valence-corrected chi connectivity index (χ4v) is 10.2. The molecule has 64 heavy (non-hydrogen) atoms. The lowest BCUT2D eigenvalue weighted by Gasteiger charge is -2.39. The van der Waals surface area contributed by atoms with Crippen LogP contribution in [0.1, 0.15) is 22.3 Å². The van der Waals surface area contributed by atoms with E-state index in [1.807, 2.05) is 60.7 Å². The first-order valence-corrected chi connectivity index (χ1v) is 21.6. The van der Waals surface area contributed by atoms with Crippen molar-refractivity contribution in [3.05, 3.63) is 241 Å². The first-order chi connectivity index (χ1) is 31.7. The zero-order chi connectivity index (χ0) is 42.2. The molecule has 298 valence electrons. The van der Waals surface area contributed by atoms with E-state index < -0.39 is 5.41 Å². The predicted octanol–water partition coefficient (Wildman–Crippen LogP) is 14.4. The topological polar surface area (TPSA) is 60.8 Å². The number of hydrogen-bond donors (Lipinski definition) is 0. The zero-order valence-electron chi connectivity index (χ0n) is 34.5. The fraction of sp³-hybridized carbons (Fsp3) is 0.0169. The maximum atomic E-state index is 6.67. The minimum Gasteiger partial charge on any atom is -0.457 e. The number of rotatable bonds is 5. The lowest BCUT2D eigenvalue weighted by Crippen LogP contribution is -2.32. The highest BCUT2D eigenvalue weighted by Gasteiger charge is 2.51. The summed E-state index contributed by atoms with van der Waals surface area (Å²) in [7, 11) is 0. The molecular weight excluding hydrogens is 781 g/mol. The van der Waals surface area contributed by atoms with E-state index in [-0.39, 0.29) is 0 Å². The summed E-state index contributed by atoms with van der Waals surface area (Å²) in [5.41, 5.74) is 14.5. The summed E-state index contributed by atoms with van der Waals surface area (Å²) in [4.78, 5) is 20.5. The zero-order valence-corrected chi connectivity index (χ0v) is 34.5. The Labute approximate surface area is 370 Å². The Hall–Kier alpha value is -8.54. The molecule has 0 bridgehead atoms. The van der Waals surface area contributed by atoms with Gasteiger partial charge >= 0.3 is 0 Å². The Morgan fingerprint density at radius 2 is 0.844 bits per heavy atom. The average molecular weight is 817 g/mol. The van der Waals surface area contributed by atoms with Crippen molar-refractivity contribution in [2.24, 2.45) is 0 Å². The molecule has 1 aliphatic heterocycles. The largest absolute Gasteiger partial charge is 0.457 e. The number of hydrogen-bond acceptors (Lipinski definition) is 5. The van der Waals surface area contributed by atoms with Crippen LogP contribution in [-0.4, -0.2) is 19.9 Å². The lowest BCUT2D eigenvalue weighted by atomic mass is 9.66. The van der Waals surface area contributed by atoms with Crippen molar-refractivity contribution in [2.75, 3.05) is 0 Å². The van der Waals surface area contributed by atoms with E-state index in [1.165, 1.54) is 27.6 Å². The van der Waals surface area contributed by atoms with Gasteiger partial charge in [0.2, 0.25) is 0 Å². The number of ether oxygens (including phenoxy) is 1. The highest BCUT2D eigenvalue weighted by Crippen LogP contribution is 2.63. The summed E-state index contributed by atoms with van der Waals surface area (Å²) >= 11 is 0. The smallest absolute Gasteiger partial charge is 0.164 e. The van der Waals surface area contributed by atoms with Gasteiger partial charge in [0.25, 0.3) is 0 Å². The van der Waals surface area contributed by atoms with Crippen LogP contribution in [0.4, 0.5) is 0 Å². The average Bonchev–Trinajstić information content (AvgIpc) is 3.67. The van der Waals surface area contributed by atoms with Crippen molar-refractivity contribution in [1.29, 1.82) is 0 Å². The third kappa shape index (κ3) is 5.44. The summed E-state index contributed by atoms with van der Waals surface area (Å²) in [5, 5.41) is 3.38. The molecule has 0 radical (unpaired) electrons. The van der Waals surface area contributed by atoms with E-state index in [4.69, 9.17) is 24.7 Å². The number of fused-ring (bicyclic) bond motifs is 13. The molecular formula is C59H36N4O. The molecule has 0 amide bonds. The van der Waals surface area contributed by atoms with E-state index >= 15 is 0 Å². The molecule has 5 heteroatoms. The molecule has 0 saturated carbocycles. The van der Waals surface area contributed by atoms with Crippen molar-refractivity contribution in [2.45, 2.75) is 5.41 Å². The van der Waals surface area contributed by atoms with Crippen LogP contribution in [0.3, 0.4) is 0 Å². The summed E-state index contributed by atoms with van der Waals surface area (Å²) < 4.78 is 6.67. The summed E-state index contributed by atoms with van der Waals surface area (Å²) in [5.74, 6) is 3.64. The van der Waals surface area contributed by atoms with Crippen LogP contribution in [0.5, 0.6) is 11.5 Å². The van der Waals surface area contributed by atoms with Gasteiger partial charge in [-0.05, 0) is 63.7 Å². The molecule has 2 aromatic heterocycles. The predicted molar refractivity (Wildman–Crippen MR) is 257 cm³/mol. The van der Waals surface area contributed by atoms with Crippen LogP contribution in [0, 0.1) is 0 Å². The highest BCUT2D eigenvalue weighted by molar-refractivity contribution is 6.20. The van der Waals surface area contributed by atoms with Gasteiger partial charge in [0, 0.05) is 49.5 Å². The minimum atomic E-state index is -0.595. The SMILES string of the molecule is c1ccc(-c2nc(-c3ccccc3)nc(-c3cccc(-c4ccc5nc(-c6ccccc6)c6ccc7c(c6c5c4)-c4ccccc4C74c5ccccc5Oc5ccccc54)c3)n2)cc1. The van der Waals surface area contributed by atoms with Gasteiger partial charge in [-0.15, -0.1) is 0 Å². The second kappa shape index (κ2) is 14.3. The quantitative estimate of drug-likeness (QED) is 0.162. The Bertz CT molecular complexity index is 3540. The number of benzene rings is 9. The van der Waals surface area contributed by atoms with Crippen LogP contribution in [0.2, 0.25) is 0 Å². The molecule has 2 aliphatic rings. The van der Waals surface area contributed by atoms with Gasteiger partial charge in [-0.2, -0.15) is 0 Å². The van der Waals surface area contributed by atoms with Gasteiger partial charge in [-0.3, -0.25) is 0 Å². The highest BCUT2D eigenvalue weighted by atomic mass is 16.5. The van der Waals surface area contributed by atoms with Crippen LogP contribution < -0.4 is 4.74 Å². The van der Waals surface area contributed by atoms with Crippen LogP contribution >= 0.6 is 0 Å². The van der Waals surface area contributed by atoms with Crippen LogP contribution in [0.15, 0.2) is 218 Å². The summed E-state index contributed by atoms with van der Waals surface area (Å²) in [6.45, 7) is 0. The second-order valence-corrected chi connectivity index (χ2v) is 16.5. The van der Waals surface area contributed by atoms with E-state index in [2.05, 4.69) is 158 Å². The van der Waals surface area contributed by atoms with E-state index in [0.717, 1.165) is 78.0 Å². The molecule has 1 aliphatic carbocycles. The second-order valence-electron chi connectivity index (χ2n) is 16.5. The van der Waals surface area contributed by atoms with Gasteiger partial charge in [0.05, 0.1) is 16.6 Å². The molecule has 0 N–H and O–H groups in total. The Morgan fingerprint density at radius 1 is 0.328 bits per heavy atom. The monoisotopic (exact) mass is 816 g/mol. The van der Waals surface area contributed by atoms with Crippen molar-refractivity contribution in [1.82, 2.24) is 19.9 Å². The molecule has 5 nitrogen and oxygen atoms in total. The van der Waals surface area contributed by atoms with E-state index in [0.29, 0.717) is 17.5 Å². The van der Waals surface area contributed by atoms with Crippen molar-refractivity contribution in [3.8, 4) is 79.2 Å². The molecule has 11 aromatic rings. The third-order valence-electron chi connectivity index (χ3n) is 13.0. The van der Waals surface area contributed by atoms with Crippen LogP contribution in [-0.2, 0) is 5.41 Å². The number of para-hydroxylation sites is 2. The van der Waals surface area contributed by atoms with Gasteiger partial charge in [0.15, 0.2) is 17.5 Å². The third-order valence-corrected chi connectivity index (χ3v) is 13.0. The maximum Gasteiger partial charge on any atom is 0.164 e. The molecule has 13 rings (SSSR count). The molecule has 9 aromatic carbocycles. The molecule has 1 spiro atoms. The fourth-order valence-electron chi connectivity index (χ4n) is 10.2. The first-order valence-electron chi connectivity index (χ1n) is 21.6. The van der Waals surface area contributed by atoms with Crippen molar-refractivity contribution >= 4 is 21.7 Å². The normalized spacial score (nSPS) is 12.9. The van der Waals surface area contributed by atoms with Gasteiger partial charge in [-0.25, -0.2) is 19.9 Å². The number of pyridine rings is 1. The van der Waals surface area contributed by atoms with E-state index in [1.54, 1.807) is 0 Å². The number of nitrogens with zero attached hydrogens (tertiary/aromatic N) is 4. The standard InChI is InChI=1S/C59H36N4O/c1-4-17-37(18-5-1)55-44-32-33-49-54(43-25-10-11-26-46(43)59(49)47-27-12-14-29-51(47)64-52-30-15-13-28-48(52)59)53(44)45-36-41(31-34-50(45)60-55)40-23-16-24-42(35-40)58-62-56(38-19-6-2-7-20-38)61-57(63-58)39-21-8-3-9-22-39/h1-36H. The van der Waals surface area contributed by atoms with Gasteiger partial charge < -0.3 is 4.74 Å². The molecule has 3 heterocycles. The Morgan fingerprint density at radius 3 is 1.50 bits per heavy atom. The van der Waals surface area contributed by atoms with Crippen molar-refractivity contribution in [3.63, 3.8) is 0 Å².